The van der Waals surface area contributed by atoms with Gasteiger partial charge in [-0.1, -0.05) is 42.4 Å². The Morgan fingerprint density at radius 3 is 2.47 bits per heavy atom. The van der Waals surface area contributed by atoms with Crippen LogP contribution in [0, 0.1) is 5.92 Å². The molecule has 1 saturated carbocycles. The summed E-state index contributed by atoms with van der Waals surface area (Å²) in [7, 11) is 0. The Hall–Kier alpha value is -2.34. The minimum absolute atomic E-state index is 0.0115. The molecule has 1 heterocycles. The van der Waals surface area contributed by atoms with Gasteiger partial charge in [0, 0.05) is 11.6 Å². The smallest absolute Gasteiger partial charge is 0.406 e. The Morgan fingerprint density at radius 1 is 1.10 bits per heavy atom. The predicted octanol–water partition coefficient (Wildman–Crippen LogP) is 4.69. The van der Waals surface area contributed by atoms with E-state index in [4.69, 9.17) is 0 Å². The van der Waals surface area contributed by atoms with E-state index >= 15 is 0 Å². The molecule has 1 aliphatic carbocycles. The van der Waals surface area contributed by atoms with Crippen molar-refractivity contribution in [3.8, 4) is 5.75 Å². The number of amides is 2. The molecule has 2 N–H and O–H groups in total. The first-order valence-electron chi connectivity index (χ1n) is 9.21. The van der Waals surface area contributed by atoms with Gasteiger partial charge in [0.2, 0.25) is 16.9 Å². The molecule has 0 aliphatic heterocycles. The number of benzene rings is 1. The molecule has 0 radical (unpaired) electrons. The van der Waals surface area contributed by atoms with E-state index in [1.807, 2.05) is 0 Å². The van der Waals surface area contributed by atoms with Crippen molar-refractivity contribution < 1.29 is 27.5 Å². The zero-order valence-electron chi connectivity index (χ0n) is 15.7. The van der Waals surface area contributed by atoms with Gasteiger partial charge in [0.15, 0.2) is 4.34 Å². The molecule has 0 atom stereocenters. The van der Waals surface area contributed by atoms with Crippen LogP contribution in [0.5, 0.6) is 5.75 Å². The largest absolute Gasteiger partial charge is 0.573 e. The molecule has 1 aliphatic rings. The van der Waals surface area contributed by atoms with Gasteiger partial charge in [-0.05, 0) is 37.1 Å². The van der Waals surface area contributed by atoms with Gasteiger partial charge in [0.05, 0.1) is 5.75 Å². The molecule has 2 aromatic rings. The van der Waals surface area contributed by atoms with Gasteiger partial charge >= 0.3 is 6.36 Å². The highest BCUT2D eigenvalue weighted by Gasteiger charge is 2.31. The first kappa shape index (κ1) is 22.3. The Balaban J connectivity index is 1.43. The summed E-state index contributed by atoms with van der Waals surface area (Å²) in [6.07, 6.45) is 0.283. The minimum atomic E-state index is -4.77. The highest BCUT2D eigenvalue weighted by atomic mass is 32.2. The molecule has 0 saturated heterocycles. The first-order chi connectivity index (χ1) is 14.3. The highest BCUT2D eigenvalue weighted by Crippen LogP contribution is 2.29. The Bertz CT molecular complexity index is 868. The predicted molar refractivity (Wildman–Crippen MR) is 108 cm³/mol. The van der Waals surface area contributed by atoms with Crippen molar-refractivity contribution in [3.05, 3.63) is 24.3 Å². The van der Waals surface area contributed by atoms with Crippen LogP contribution in [0.3, 0.4) is 0 Å². The summed E-state index contributed by atoms with van der Waals surface area (Å²) >= 11 is 2.34. The fourth-order valence-electron chi connectivity index (χ4n) is 2.96. The van der Waals surface area contributed by atoms with E-state index < -0.39 is 6.36 Å². The lowest BCUT2D eigenvalue weighted by Gasteiger charge is -2.19. The van der Waals surface area contributed by atoms with Gasteiger partial charge in [-0.15, -0.1) is 23.4 Å². The highest BCUT2D eigenvalue weighted by molar-refractivity contribution is 8.01. The number of nitrogens with zero attached hydrogens (tertiary/aromatic N) is 2. The fraction of sp³-hybridized carbons (Fsp3) is 0.444. The zero-order valence-corrected chi connectivity index (χ0v) is 17.3. The molecule has 0 spiro atoms. The summed E-state index contributed by atoms with van der Waals surface area (Å²) in [6.45, 7) is 0. The van der Waals surface area contributed by atoms with Crippen molar-refractivity contribution in [1.82, 2.24) is 10.2 Å². The van der Waals surface area contributed by atoms with Crippen molar-refractivity contribution in [2.45, 2.75) is 42.8 Å². The number of nitrogens with one attached hydrogen (secondary N) is 2. The molecule has 0 bridgehead atoms. The molecular weight excluding hydrogens is 441 g/mol. The molecule has 30 heavy (non-hydrogen) atoms. The number of thioether (sulfide) groups is 1. The van der Waals surface area contributed by atoms with E-state index in [2.05, 4.69) is 25.6 Å². The van der Waals surface area contributed by atoms with Gasteiger partial charge < -0.3 is 15.4 Å². The van der Waals surface area contributed by atoms with Crippen LogP contribution in [0.2, 0.25) is 0 Å². The Kier molecular flexibility index (Phi) is 7.53. The summed E-state index contributed by atoms with van der Waals surface area (Å²) in [4.78, 5) is 24.3. The van der Waals surface area contributed by atoms with E-state index in [0.717, 1.165) is 56.0 Å². The second kappa shape index (κ2) is 10.1. The zero-order chi connectivity index (χ0) is 21.6. The molecule has 1 aromatic carbocycles. The Labute approximate surface area is 178 Å². The lowest BCUT2D eigenvalue weighted by Crippen LogP contribution is -2.24. The normalized spacial score (nSPS) is 14.9. The van der Waals surface area contributed by atoms with E-state index in [-0.39, 0.29) is 29.2 Å². The van der Waals surface area contributed by atoms with Crippen LogP contribution in [0.4, 0.5) is 24.0 Å². The SMILES string of the molecule is O=C(CSc1nnc(NC(=O)C2CCCCC2)s1)Nc1ccc(OC(F)(F)F)cc1. The number of hydrogen-bond acceptors (Lipinski definition) is 7. The summed E-state index contributed by atoms with van der Waals surface area (Å²) in [6, 6.07) is 4.85. The van der Waals surface area contributed by atoms with E-state index in [1.54, 1.807) is 0 Å². The lowest BCUT2D eigenvalue weighted by atomic mass is 9.89. The monoisotopic (exact) mass is 460 g/mol. The lowest BCUT2D eigenvalue weighted by molar-refractivity contribution is -0.274. The molecule has 3 rings (SSSR count). The van der Waals surface area contributed by atoms with Gasteiger partial charge in [-0.2, -0.15) is 0 Å². The third kappa shape index (κ3) is 7.17. The fourth-order valence-corrected chi connectivity index (χ4v) is 4.51. The first-order valence-corrected chi connectivity index (χ1v) is 11.0. The average Bonchev–Trinajstić information content (AvgIpc) is 3.15. The van der Waals surface area contributed by atoms with Crippen LogP contribution < -0.4 is 15.4 Å². The van der Waals surface area contributed by atoms with Crippen LogP contribution in [-0.2, 0) is 9.59 Å². The number of halogens is 3. The van der Waals surface area contributed by atoms with Gasteiger partial charge in [0.1, 0.15) is 5.75 Å². The number of carbonyl (C=O) groups excluding carboxylic acids is 2. The van der Waals surface area contributed by atoms with Gasteiger partial charge in [-0.25, -0.2) is 0 Å². The maximum absolute atomic E-state index is 12.2. The summed E-state index contributed by atoms with van der Waals surface area (Å²) in [5.41, 5.74) is 0.341. The third-order valence-corrected chi connectivity index (χ3v) is 6.28. The maximum Gasteiger partial charge on any atom is 0.573 e. The van der Waals surface area contributed by atoms with Crippen LogP contribution in [-0.4, -0.2) is 34.1 Å². The van der Waals surface area contributed by atoms with Crippen molar-refractivity contribution >= 4 is 45.7 Å². The number of ether oxygens (including phenoxy) is 1. The standard InChI is InChI=1S/C18H19F3N4O3S2/c19-18(20,21)28-13-8-6-12(7-9-13)22-14(26)10-29-17-25-24-16(30-17)23-15(27)11-4-2-1-3-5-11/h6-9,11H,1-5,10H2,(H,22,26)(H,23,24,27). The van der Waals surface area contributed by atoms with Crippen LogP contribution in [0.1, 0.15) is 32.1 Å². The molecular formula is C18H19F3N4O3S2. The second-order valence-electron chi connectivity index (χ2n) is 6.61. The van der Waals surface area contributed by atoms with Gasteiger partial charge in [-0.3, -0.25) is 9.59 Å². The number of carbonyl (C=O) groups is 2. The summed E-state index contributed by atoms with van der Waals surface area (Å²) < 4.78 is 40.8. The maximum atomic E-state index is 12.2. The van der Waals surface area contributed by atoms with Crippen molar-refractivity contribution in [2.75, 3.05) is 16.4 Å². The molecule has 1 fully saturated rings. The van der Waals surface area contributed by atoms with Crippen molar-refractivity contribution in [3.63, 3.8) is 0 Å². The van der Waals surface area contributed by atoms with E-state index in [1.165, 1.54) is 23.5 Å². The number of hydrogen-bond donors (Lipinski definition) is 2. The molecule has 1 aromatic heterocycles. The molecule has 0 unspecified atom stereocenters. The van der Waals surface area contributed by atoms with E-state index in [0.29, 0.717) is 15.2 Å². The number of alkyl halides is 3. The molecule has 12 heteroatoms. The van der Waals surface area contributed by atoms with Crippen molar-refractivity contribution in [1.29, 1.82) is 0 Å². The van der Waals surface area contributed by atoms with Gasteiger partial charge in [0.25, 0.3) is 0 Å². The number of aromatic nitrogens is 2. The Morgan fingerprint density at radius 2 is 1.80 bits per heavy atom. The topological polar surface area (TPSA) is 93.2 Å². The number of anilines is 2. The number of rotatable bonds is 7. The van der Waals surface area contributed by atoms with Crippen LogP contribution >= 0.6 is 23.1 Å². The molecule has 162 valence electrons. The van der Waals surface area contributed by atoms with Crippen LogP contribution in [0.25, 0.3) is 0 Å². The minimum Gasteiger partial charge on any atom is -0.406 e. The second-order valence-corrected chi connectivity index (χ2v) is 8.81. The summed E-state index contributed by atoms with van der Waals surface area (Å²) in [5, 5.41) is 13.6. The summed E-state index contributed by atoms with van der Waals surface area (Å²) in [5.74, 6) is -0.721. The third-order valence-electron chi connectivity index (χ3n) is 4.31. The molecule has 7 nitrogen and oxygen atoms in total. The average molecular weight is 461 g/mol. The quantitative estimate of drug-likeness (QED) is 0.460. The van der Waals surface area contributed by atoms with Crippen LogP contribution in [0.15, 0.2) is 28.6 Å². The van der Waals surface area contributed by atoms with E-state index in [9.17, 15) is 22.8 Å². The molecule has 2 amide bonds. The van der Waals surface area contributed by atoms with Crippen molar-refractivity contribution in [2.24, 2.45) is 5.92 Å².